The Morgan fingerprint density at radius 1 is 1.41 bits per heavy atom. The van der Waals surface area contributed by atoms with Crippen molar-refractivity contribution in [1.29, 1.82) is 0 Å². The molecular weight excluding hydrogens is 221 g/mol. The molecule has 90 valence electrons. The minimum Gasteiger partial charge on any atom is -0.358 e. The van der Waals surface area contributed by atoms with Gasteiger partial charge < -0.3 is 10.3 Å². The minimum atomic E-state index is -0.395. The van der Waals surface area contributed by atoms with Crippen molar-refractivity contribution < 1.29 is 4.39 Å². The lowest BCUT2D eigenvalue weighted by molar-refractivity contribution is 0.593. The molecule has 6 heteroatoms. The van der Waals surface area contributed by atoms with E-state index in [1.54, 1.807) is 12.4 Å². The van der Waals surface area contributed by atoms with E-state index in [9.17, 15) is 4.39 Å². The van der Waals surface area contributed by atoms with Crippen molar-refractivity contribution in [3.8, 4) is 0 Å². The fourth-order valence-corrected chi connectivity index (χ4v) is 1.54. The molecule has 1 atom stereocenters. The summed E-state index contributed by atoms with van der Waals surface area (Å²) < 4.78 is 13.9. The van der Waals surface area contributed by atoms with E-state index in [-0.39, 0.29) is 11.9 Å². The van der Waals surface area contributed by atoms with Crippen LogP contribution >= 0.6 is 0 Å². The van der Waals surface area contributed by atoms with Gasteiger partial charge in [-0.3, -0.25) is 0 Å². The van der Waals surface area contributed by atoms with E-state index in [4.69, 9.17) is 0 Å². The second-order valence-corrected chi connectivity index (χ2v) is 3.68. The normalized spacial score (nSPS) is 12.4. The largest absolute Gasteiger partial charge is 0.358 e. The number of hydrogen-bond acceptors (Lipinski definition) is 4. The lowest BCUT2D eigenvalue weighted by Gasteiger charge is -2.13. The van der Waals surface area contributed by atoms with Crippen LogP contribution in [0.15, 0.2) is 18.7 Å². The van der Waals surface area contributed by atoms with Gasteiger partial charge in [-0.15, -0.1) is 0 Å². The Morgan fingerprint density at radius 2 is 2.24 bits per heavy atom. The van der Waals surface area contributed by atoms with Crippen LogP contribution in [-0.4, -0.2) is 19.9 Å². The summed E-state index contributed by atoms with van der Waals surface area (Å²) in [6.07, 6.45) is 5.28. The highest BCUT2D eigenvalue weighted by molar-refractivity contribution is 5.38. The smallest absolute Gasteiger partial charge is 0.186 e. The van der Waals surface area contributed by atoms with Crippen molar-refractivity contribution in [1.82, 2.24) is 19.9 Å². The lowest BCUT2D eigenvalue weighted by Crippen LogP contribution is -2.12. The Kier molecular flexibility index (Phi) is 3.32. The number of halogens is 1. The SMILES string of the molecule is CCc1ncnc(NC(C)c2ncc[nH]2)c1F. The van der Waals surface area contributed by atoms with Crippen molar-refractivity contribution in [3.63, 3.8) is 0 Å². The fraction of sp³-hybridized carbons (Fsp3) is 0.364. The second-order valence-electron chi connectivity index (χ2n) is 3.68. The molecule has 0 bridgehead atoms. The zero-order valence-electron chi connectivity index (χ0n) is 9.74. The summed E-state index contributed by atoms with van der Waals surface area (Å²) in [6.45, 7) is 3.73. The summed E-state index contributed by atoms with van der Waals surface area (Å²) >= 11 is 0. The van der Waals surface area contributed by atoms with Gasteiger partial charge in [0.2, 0.25) is 0 Å². The Hall–Kier alpha value is -1.98. The predicted molar refractivity (Wildman–Crippen MR) is 62.0 cm³/mol. The third-order valence-electron chi connectivity index (χ3n) is 2.48. The number of nitrogens with zero attached hydrogens (tertiary/aromatic N) is 3. The van der Waals surface area contributed by atoms with Crippen molar-refractivity contribution in [2.75, 3.05) is 5.32 Å². The van der Waals surface area contributed by atoms with Crippen LogP contribution in [0, 0.1) is 5.82 Å². The number of aryl methyl sites for hydroxylation is 1. The summed E-state index contributed by atoms with van der Waals surface area (Å²) in [6, 6.07) is -0.140. The number of anilines is 1. The lowest BCUT2D eigenvalue weighted by atomic mass is 10.2. The average molecular weight is 235 g/mol. The zero-order chi connectivity index (χ0) is 12.3. The van der Waals surface area contributed by atoms with Crippen molar-refractivity contribution >= 4 is 5.82 Å². The molecule has 2 aromatic heterocycles. The van der Waals surface area contributed by atoms with E-state index >= 15 is 0 Å². The molecule has 0 aromatic carbocycles. The molecule has 0 aliphatic heterocycles. The summed E-state index contributed by atoms with van der Waals surface area (Å²) in [5, 5.41) is 2.97. The van der Waals surface area contributed by atoms with E-state index in [1.807, 2.05) is 13.8 Å². The van der Waals surface area contributed by atoms with Gasteiger partial charge in [-0.05, 0) is 13.3 Å². The van der Waals surface area contributed by atoms with Crippen LogP contribution in [0.3, 0.4) is 0 Å². The van der Waals surface area contributed by atoms with Gasteiger partial charge in [0, 0.05) is 12.4 Å². The molecule has 0 saturated carbocycles. The number of H-pyrrole nitrogens is 1. The average Bonchev–Trinajstić information content (AvgIpc) is 2.85. The van der Waals surface area contributed by atoms with Gasteiger partial charge in [-0.2, -0.15) is 0 Å². The third kappa shape index (κ3) is 2.41. The van der Waals surface area contributed by atoms with Crippen LogP contribution in [-0.2, 0) is 6.42 Å². The van der Waals surface area contributed by atoms with Gasteiger partial charge in [-0.1, -0.05) is 6.92 Å². The van der Waals surface area contributed by atoms with E-state index in [2.05, 4.69) is 25.3 Å². The maximum absolute atomic E-state index is 13.9. The first-order chi connectivity index (χ1) is 8.22. The number of rotatable bonds is 4. The highest BCUT2D eigenvalue weighted by atomic mass is 19.1. The maximum atomic E-state index is 13.9. The highest BCUT2D eigenvalue weighted by Gasteiger charge is 2.14. The quantitative estimate of drug-likeness (QED) is 0.851. The molecule has 0 radical (unpaired) electrons. The number of nitrogens with one attached hydrogen (secondary N) is 2. The molecule has 2 aromatic rings. The molecule has 1 unspecified atom stereocenters. The number of aromatic nitrogens is 4. The second kappa shape index (κ2) is 4.90. The molecule has 0 spiro atoms. The molecule has 2 rings (SSSR count). The van der Waals surface area contributed by atoms with Crippen LogP contribution in [0.2, 0.25) is 0 Å². The summed E-state index contributed by atoms with van der Waals surface area (Å²) in [7, 11) is 0. The molecule has 2 heterocycles. The molecule has 0 aliphatic rings. The van der Waals surface area contributed by atoms with Gasteiger partial charge in [0.1, 0.15) is 12.2 Å². The van der Waals surface area contributed by atoms with E-state index < -0.39 is 5.82 Å². The van der Waals surface area contributed by atoms with Gasteiger partial charge in [-0.25, -0.2) is 19.3 Å². The van der Waals surface area contributed by atoms with Crippen molar-refractivity contribution in [2.24, 2.45) is 0 Å². The van der Waals surface area contributed by atoms with Gasteiger partial charge >= 0.3 is 0 Å². The van der Waals surface area contributed by atoms with Gasteiger partial charge in [0.25, 0.3) is 0 Å². The summed E-state index contributed by atoms with van der Waals surface area (Å²) in [5.41, 5.74) is 0.411. The van der Waals surface area contributed by atoms with Crippen molar-refractivity contribution in [3.05, 3.63) is 36.1 Å². The highest BCUT2D eigenvalue weighted by Crippen LogP contribution is 2.18. The molecule has 0 saturated heterocycles. The van der Waals surface area contributed by atoms with Crippen LogP contribution in [0.4, 0.5) is 10.2 Å². The van der Waals surface area contributed by atoms with Gasteiger partial charge in [0.15, 0.2) is 11.6 Å². The monoisotopic (exact) mass is 235 g/mol. The summed E-state index contributed by atoms with van der Waals surface area (Å²) in [4.78, 5) is 14.8. The van der Waals surface area contributed by atoms with E-state index in [0.717, 1.165) is 5.82 Å². The Bertz CT molecular complexity index is 483. The Morgan fingerprint density at radius 3 is 2.88 bits per heavy atom. The zero-order valence-corrected chi connectivity index (χ0v) is 9.74. The van der Waals surface area contributed by atoms with Crippen molar-refractivity contribution in [2.45, 2.75) is 26.3 Å². The van der Waals surface area contributed by atoms with Crippen LogP contribution in [0.5, 0.6) is 0 Å². The molecule has 0 fully saturated rings. The number of aromatic amines is 1. The topological polar surface area (TPSA) is 66.5 Å². The third-order valence-corrected chi connectivity index (χ3v) is 2.48. The molecular formula is C11H14FN5. The minimum absolute atomic E-state index is 0.140. The first kappa shape index (κ1) is 11.5. The standard InChI is InChI=1S/C11H14FN5/c1-3-8-9(12)11(16-6-15-8)17-7(2)10-13-4-5-14-10/h4-7H,3H2,1-2H3,(H,13,14)(H,15,16,17). The first-order valence-corrected chi connectivity index (χ1v) is 5.47. The van der Waals surface area contributed by atoms with Crippen LogP contribution in [0.25, 0.3) is 0 Å². The van der Waals surface area contributed by atoms with E-state index in [0.29, 0.717) is 12.1 Å². The predicted octanol–water partition coefficient (Wildman–Crippen LogP) is 2.07. The van der Waals surface area contributed by atoms with Gasteiger partial charge in [0.05, 0.1) is 11.7 Å². The van der Waals surface area contributed by atoms with Crippen LogP contribution in [0.1, 0.15) is 31.4 Å². The number of imidazole rings is 1. The fourth-order valence-electron chi connectivity index (χ4n) is 1.54. The Labute approximate surface area is 98.5 Å². The number of hydrogen-bond donors (Lipinski definition) is 2. The van der Waals surface area contributed by atoms with Crippen LogP contribution < -0.4 is 5.32 Å². The summed E-state index contributed by atoms with van der Waals surface area (Å²) in [5.74, 6) is 0.551. The van der Waals surface area contributed by atoms with E-state index in [1.165, 1.54) is 6.33 Å². The molecule has 0 amide bonds. The first-order valence-electron chi connectivity index (χ1n) is 5.47. The Balaban J connectivity index is 2.19. The maximum Gasteiger partial charge on any atom is 0.186 e. The molecule has 5 nitrogen and oxygen atoms in total. The molecule has 17 heavy (non-hydrogen) atoms. The molecule has 0 aliphatic carbocycles. The molecule has 2 N–H and O–H groups in total.